The summed E-state index contributed by atoms with van der Waals surface area (Å²) in [7, 11) is 0. The molecule has 0 atom stereocenters. The molecule has 3 aromatic rings. The number of carbonyl (C=O) groups is 1. The molecular formula is C17H18N6O. The molecule has 3 aromatic heterocycles. The van der Waals surface area contributed by atoms with Crippen molar-refractivity contribution in [2.45, 2.75) is 31.7 Å². The highest BCUT2D eigenvalue weighted by Gasteiger charge is 2.33. The molecule has 0 saturated heterocycles. The molecule has 3 N–H and O–H groups in total. The van der Waals surface area contributed by atoms with Crippen LogP contribution in [0.15, 0.2) is 36.8 Å². The van der Waals surface area contributed by atoms with Crippen molar-refractivity contribution in [3.05, 3.63) is 36.8 Å². The first-order valence-electron chi connectivity index (χ1n) is 7.96. The minimum absolute atomic E-state index is 0.0864. The number of hydrogen-bond donors (Lipinski definition) is 3. The standard InChI is InChI=1S/C17H18N6O/c1-17(5-2-6-17)23-16(24)22-15-4-3-13-14(21-15)7-11(8-18-13)12-9-19-20-10-12/h3-4,7-10H,2,5-6H2,1H3,(H,19,20)(H2,21,22,23,24). The van der Waals surface area contributed by atoms with E-state index in [4.69, 9.17) is 0 Å². The van der Waals surface area contributed by atoms with E-state index in [9.17, 15) is 4.79 Å². The number of urea groups is 1. The average molecular weight is 322 g/mol. The van der Waals surface area contributed by atoms with Gasteiger partial charge in [-0.3, -0.25) is 15.4 Å². The fourth-order valence-corrected chi connectivity index (χ4v) is 2.90. The van der Waals surface area contributed by atoms with Crippen LogP contribution in [0, 0.1) is 0 Å². The van der Waals surface area contributed by atoms with Crippen LogP contribution in [-0.4, -0.2) is 31.7 Å². The van der Waals surface area contributed by atoms with Gasteiger partial charge in [0.1, 0.15) is 5.82 Å². The van der Waals surface area contributed by atoms with Crippen LogP contribution in [0.4, 0.5) is 10.6 Å². The molecule has 0 aliphatic heterocycles. The molecule has 7 nitrogen and oxygen atoms in total. The summed E-state index contributed by atoms with van der Waals surface area (Å²) < 4.78 is 0. The number of aromatic amines is 1. The van der Waals surface area contributed by atoms with Gasteiger partial charge < -0.3 is 5.32 Å². The second-order valence-electron chi connectivity index (χ2n) is 6.44. The van der Waals surface area contributed by atoms with Gasteiger partial charge in [-0.25, -0.2) is 9.78 Å². The first-order valence-corrected chi connectivity index (χ1v) is 7.96. The SMILES string of the molecule is CC1(NC(=O)Nc2ccc3ncc(-c4cn[nH]c4)cc3n2)CCC1. The minimum Gasteiger partial charge on any atom is -0.333 e. The van der Waals surface area contributed by atoms with Crippen molar-refractivity contribution in [2.75, 3.05) is 5.32 Å². The molecule has 3 heterocycles. The van der Waals surface area contributed by atoms with Gasteiger partial charge in [-0.1, -0.05) is 0 Å². The quantitative estimate of drug-likeness (QED) is 0.690. The van der Waals surface area contributed by atoms with E-state index in [2.05, 4.69) is 37.7 Å². The van der Waals surface area contributed by atoms with Crippen LogP contribution in [0.5, 0.6) is 0 Å². The number of nitrogens with one attached hydrogen (secondary N) is 3. The van der Waals surface area contributed by atoms with Gasteiger partial charge in [0.05, 0.1) is 17.2 Å². The van der Waals surface area contributed by atoms with Crippen LogP contribution in [0.1, 0.15) is 26.2 Å². The fraction of sp³-hybridized carbons (Fsp3) is 0.294. The Bertz CT molecular complexity index is 885. The zero-order valence-corrected chi connectivity index (χ0v) is 13.3. The van der Waals surface area contributed by atoms with Crippen LogP contribution >= 0.6 is 0 Å². The lowest BCUT2D eigenvalue weighted by Crippen LogP contribution is -2.52. The van der Waals surface area contributed by atoms with Crippen molar-refractivity contribution in [3.63, 3.8) is 0 Å². The smallest absolute Gasteiger partial charge is 0.320 e. The first-order chi connectivity index (χ1) is 11.6. The Hall–Kier alpha value is -2.96. The molecule has 0 unspecified atom stereocenters. The summed E-state index contributed by atoms with van der Waals surface area (Å²) in [5.74, 6) is 0.508. The number of anilines is 1. The molecule has 2 amide bonds. The van der Waals surface area contributed by atoms with Crippen LogP contribution in [0.2, 0.25) is 0 Å². The van der Waals surface area contributed by atoms with Gasteiger partial charge in [0.2, 0.25) is 0 Å². The van der Waals surface area contributed by atoms with E-state index in [0.29, 0.717) is 5.82 Å². The summed E-state index contributed by atoms with van der Waals surface area (Å²) in [4.78, 5) is 21.0. The summed E-state index contributed by atoms with van der Waals surface area (Å²) in [6.07, 6.45) is 8.52. The van der Waals surface area contributed by atoms with E-state index in [-0.39, 0.29) is 11.6 Å². The van der Waals surface area contributed by atoms with Crippen molar-refractivity contribution in [1.29, 1.82) is 0 Å². The molecule has 1 saturated carbocycles. The Morgan fingerprint density at radius 3 is 2.79 bits per heavy atom. The predicted molar refractivity (Wildman–Crippen MR) is 91.5 cm³/mol. The summed E-state index contributed by atoms with van der Waals surface area (Å²) in [6.45, 7) is 2.06. The maximum absolute atomic E-state index is 12.1. The number of aromatic nitrogens is 4. The van der Waals surface area contributed by atoms with E-state index in [1.807, 2.05) is 12.1 Å². The maximum atomic E-state index is 12.1. The van der Waals surface area contributed by atoms with E-state index >= 15 is 0 Å². The Morgan fingerprint density at radius 1 is 1.21 bits per heavy atom. The van der Waals surface area contributed by atoms with E-state index in [0.717, 1.165) is 41.4 Å². The van der Waals surface area contributed by atoms with Crippen LogP contribution < -0.4 is 10.6 Å². The van der Waals surface area contributed by atoms with Gasteiger partial charge in [-0.05, 0) is 44.4 Å². The number of H-pyrrole nitrogens is 1. The van der Waals surface area contributed by atoms with Gasteiger partial charge in [0.15, 0.2) is 0 Å². The molecule has 24 heavy (non-hydrogen) atoms. The highest BCUT2D eigenvalue weighted by molar-refractivity contribution is 5.90. The van der Waals surface area contributed by atoms with E-state index in [1.165, 1.54) is 0 Å². The van der Waals surface area contributed by atoms with E-state index in [1.54, 1.807) is 24.7 Å². The number of fused-ring (bicyclic) bond motifs is 1. The number of amides is 2. The van der Waals surface area contributed by atoms with Crippen LogP contribution in [0.3, 0.4) is 0 Å². The Labute approximate surface area is 138 Å². The molecule has 0 aromatic carbocycles. The topological polar surface area (TPSA) is 95.6 Å². The largest absolute Gasteiger partial charge is 0.333 e. The molecule has 122 valence electrons. The van der Waals surface area contributed by atoms with Crippen LogP contribution in [-0.2, 0) is 0 Å². The van der Waals surface area contributed by atoms with E-state index < -0.39 is 0 Å². The number of hydrogen-bond acceptors (Lipinski definition) is 4. The second kappa shape index (κ2) is 5.59. The zero-order valence-electron chi connectivity index (χ0n) is 13.3. The lowest BCUT2D eigenvalue weighted by Gasteiger charge is -2.38. The van der Waals surface area contributed by atoms with Gasteiger partial charge in [-0.2, -0.15) is 5.10 Å². The predicted octanol–water partition coefficient (Wildman–Crippen LogP) is 3.08. The van der Waals surface area contributed by atoms with Gasteiger partial charge in [0.25, 0.3) is 0 Å². The molecule has 7 heteroatoms. The summed E-state index contributed by atoms with van der Waals surface area (Å²) in [6, 6.07) is 5.32. The zero-order chi connectivity index (χ0) is 16.6. The third kappa shape index (κ3) is 2.80. The summed E-state index contributed by atoms with van der Waals surface area (Å²) in [5.41, 5.74) is 3.28. The number of rotatable bonds is 3. The summed E-state index contributed by atoms with van der Waals surface area (Å²) in [5, 5.41) is 12.5. The van der Waals surface area contributed by atoms with Crippen molar-refractivity contribution < 1.29 is 4.79 Å². The first kappa shape index (κ1) is 14.6. The lowest BCUT2D eigenvalue weighted by atomic mass is 9.79. The normalized spacial score (nSPS) is 15.7. The van der Waals surface area contributed by atoms with Crippen molar-refractivity contribution in [1.82, 2.24) is 25.5 Å². The molecule has 0 radical (unpaired) electrons. The Morgan fingerprint density at radius 2 is 2.08 bits per heavy atom. The molecule has 4 rings (SSSR count). The fourth-order valence-electron chi connectivity index (χ4n) is 2.90. The number of nitrogens with zero attached hydrogens (tertiary/aromatic N) is 3. The average Bonchev–Trinajstić information content (AvgIpc) is 3.07. The molecule has 0 spiro atoms. The molecule has 1 fully saturated rings. The highest BCUT2D eigenvalue weighted by Crippen LogP contribution is 2.31. The lowest BCUT2D eigenvalue weighted by molar-refractivity contribution is 0.200. The van der Waals surface area contributed by atoms with Crippen molar-refractivity contribution in [3.8, 4) is 11.1 Å². The van der Waals surface area contributed by atoms with Crippen molar-refractivity contribution >= 4 is 22.9 Å². The highest BCUT2D eigenvalue weighted by atomic mass is 16.2. The van der Waals surface area contributed by atoms with Gasteiger partial charge in [-0.15, -0.1) is 0 Å². The van der Waals surface area contributed by atoms with Crippen molar-refractivity contribution in [2.24, 2.45) is 0 Å². The van der Waals surface area contributed by atoms with Gasteiger partial charge in [0, 0.05) is 29.1 Å². The molecular weight excluding hydrogens is 304 g/mol. The molecule has 0 bridgehead atoms. The van der Waals surface area contributed by atoms with Crippen LogP contribution in [0.25, 0.3) is 22.2 Å². The Kier molecular flexibility index (Phi) is 3.41. The second-order valence-corrected chi connectivity index (χ2v) is 6.44. The molecule has 1 aliphatic rings. The number of pyridine rings is 2. The van der Waals surface area contributed by atoms with Gasteiger partial charge >= 0.3 is 6.03 Å². The number of carbonyl (C=O) groups excluding carboxylic acids is 1. The third-order valence-corrected chi connectivity index (χ3v) is 4.48. The summed E-state index contributed by atoms with van der Waals surface area (Å²) >= 11 is 0. The maximum Gasteiger partial charge on any atom is 0.320 e. The monoisotopic (exact) mass is 322 g/mol. The third-order valence-electron chi connectivity index (χ3n) is 4.48. The molecule has 1 aliphatic carbocycles. The Balaban J connectivity index is 1.56. The minimum atomic E-state index is -0.219.